The fourth-order valence-electron chi connectivity index (χ4n) is 1.34. The zero-order valence-corrected chi connectivity index (χ0v) is 8.23. The Hall–Kier alpha value is -0.0451. The predicted molar refractivity (Wildman–Crippen MR) is 48.2 cm³/mol. The van der Waals surface area contributed by atoms with E-state index in [1.54, 1.807) is 0 Å². The van der Waals surface area contributed by atoms with Gasteiger partial charge < -0.3 is 9.19 Å². The van der Waals surface area contributed by atoms with E-state index in [0.29, 0.717) is 0 Å². The highest BCUT2D eigenvalue weighted by atomic mass is 19.0. The van der Waals surface area contributed by atoms with Crippen LogP contribution in [-0.2, 0) is 0 Å². The van der Waals surface area contributed by atoms with Crippen molar-refractivity contribution in [2.75, 3.05) is 26.2 Å². The largest absolute Gasteiger partial charge is 1.00 e. The Labute approximate surface area is 72.3 Å². The van der Waals surface area contributed by atoms with Crippen LogP contribution in [0, 0.1) is 0 Å². The molecule has 0 heterocycles. The highest BCUT2D eigenvalue weighted by Gasteiger charge is 2.16. The molecule has 0 amide bonds. The van der Waals surface area contributed by atoms with Crippen molar-refractivity contribution in [3.8, 4) is 0 Å². The van der Waals surface area contributed by atoms with Gasteiger partial charge in [-0.1, -0.05) is 0 Å². The van der Waals surface area contributed by atoms with E-state index in [-0.39, 0.29) is 13.1 Å². The van der Waals surface area contributed by atoms with Crippen LogP contribution in [0.2, 0.25) is 0 Å². The van der Waals surface area contributed by atoms with Crippen molar-refractivity contribution < 1.29 is 9.19 Å². The van der Waals surface area contributed by atoms with E-state index < -0.39 is 0 Å². The molecule has 0 unspecified atom stereocenters. The standard InChI is InChI=1S/C8H20N.B.FH/c1-5-9(6-2,7-3)8-4;;/h5-8H2,1-4H3;;1H/q+1;;/p-1. The lowest BCUT2D eigenvalue weighted by molar-refractivity contribution is -0.921. The number of halogens is 1. The van der Waals surface area contributed by atoms with Gasteiger partial charge in [-0.05, 0) is 27.7 Å². The summed E-state index contributed by atoms with van der Waals surface area (Å²) in [6, 6.07) is 0. The molecule has 3 heteroatoms. The Balaban J connectivity index is -0.000000320. The van der Waals surface area contributed by atoms with Crippen LogP contribution >= 0.6 is 0 Å². The van der Waals surface area contributed by atoms with E-state index in [0.717, 1.165) is 0 Å². The van der Waals surface area contributed by atoms with Gasteiger partial charge in [0.1, 0.15) is 0 Å². The monoisotopic (exact) mass is 160 g/mol. The zero-order chi connectivity index (χ0) is 7.33. The minimum absolute atomic E-state index is 0. The van der Waals surface area contributed by atoms with Crippen LogP contribution in [-0.4, -0.2) is 39.1 Å². The van der Waals surface area contributed by atoms with Gasteiger partial charge in [-0.15, -0.1) is 0 Å². The van der Waals surface area contributed by atoms with Gasteiger partial charge in [0, 0.05) is 8.41 Å². The Bertz CT molecular complexity index is 57.0. The van der Waals surface area contributed by atoms with Crippen molar-refractivity contribution in [2.45, 2.75) is 27.7 Å². The molecule has 0 rings (SSSR count). The van der Waals surface area contributed by atoms with Crippen LogP contribution < -0.4 is 4.70 Å². The van der Waals surface area contributed by atoms with Crippen molar-refractivity contribution in [1.29, 1.82) is 0 Å². The lowest BCUT2D eigenvalue weighted by atomic mass is 10.3. The number of hydrogen-bond acceptors (Lipinski definition) is 0. The maximum absolute atomic E-state index is 2.27. The van der Waals surface area contributed by atoms with Gasteiger partial charge >= 0.3 is 0 Å². The molecular weight excluding hydrogens is 140 g/mol. The minimum Gasteiger partial charge on any atom is -1.00 e. The molecule has 0 fully saturated rings. The van der Waals surface area contributed by atoms with E-state index in [9.17, 15) is 0 Å². The van der Waals surface area contributed by atoms with E-state index in [4.69, 9.17) is 0 Å². The molecule has 0 aliphatic rings. The first-order valence-electron chi connectivity index (χ1n) is 4.09. The van der Waals surface area contributed by atoms with Crippen LogP contribution in [0.3, 0.4) is 0 Å². The van der Waals surface area contributed by atoms with Gasteiger partial charge in [0.05, 0.1) is 26.2 Å². The first-order chi connectivity index (χ1) is 4.24. The summed E-state index contributed by atoms with van der Waals surface area (Å²) in [5.41, 5.74) is 0. The first-order valence-corrected chi connectivity index (χ1v) is 4.09. The number of quaternary nitrogens is 1. The normalized spacial score (nSPS) is 9.82. The molecule has 0 saturated heterocycles. The SMILES string of the molecule is CC[N+](CC)(CC)CC.[B].[F-]. The van der Waals surface area contributed by atoms with Crippen molar-refractivity contribution in [3.63, 3.8) is 0 Å². The van der Waals surface area contributed by atoms with Crippen LogP contribution in [0.1, 0.15) is 27.7 Å². The lowest BCUT2D eigenvalue weighted by Crippen LogP contribution is -3.00. The van der Waals surface area contributed by atoms with E-state index >= 15 is 0 Å². The molecule has 67 valence electrons. The number of nitrogens with zero attached hydrogens (tertiary/aromatic N) is 1. The first kappa shape index (κ1) is 17.2. The van der Waals surface area contributed by atoms with E-state index in [2.05, 4.69) is 27.7 Å². The third-order valence-electron chi connectivity index (χ3n) is 2.68. The third-order valence-corrected chi connectivity index (χ3v) is 2.68. The smallest absolute Gasteiger partial charge is 0.0757 e. The molecule has 0 aliphatic carbocycles. The van der Waals surface area contributed by atoms with Gasteiger partial charge in [-0.3, -0.25) is 0 Å². The predicted octanol–water partition coefficient (Wildman–Crippen LogP) is -1.49. The molecule has 0 aromatic heterocycles. The zero-order valence-electron chi connectivity index (χ0n) is 8.23. The molecule has 0 saturated carbocycles. The maximum atomic E-state index is 2.27. The summed E-state index contributed by atoms with van der Waals surface area (Å²) in [7, 11) is 0. The van der Waals surface area contributed by atoms with Gasteiger partial charge in [0.25, 0.3) is 0 Å². The molecule has 0 bridgehead atoms. The third kappa shape index (κ3) is 4.41. The number of hydrogen-bond donors (Lipinski definition) is 0. The summed E-state index contributed by atoms with van der Waals surface area (Å²) in [6.07, 6.45) is 0. The average Bonchev–Trinajstić information content (AvgIpc) is 1.95. The molecule has 0 atom stereocenters. The quantitative estimate of drug-likeness (QED) is 0.347. The second kappa shape index (κ2) is 8.06. The van der Waals surface area contributed by atoms with Crippen molar-refractivity contribution in [3.05, 3.63) is 0 Å². The Morgan fingerprint density at radius 1 is 0.727 bits per heavy atom. The summed E-state index contributed by atoms with van der Waals surface area (Å²) >= 11 is 0. The fourth-order valence-corrected chi connectivity index (χ4v) is 1.34. The van der Waals surface area contributed by atoms with Crippen molar-refractivity contribution in [1.82, 2.24) is 0 Å². The van der Waals surface area contributed by atoms with E-state index in [1.165, 1.54) is 30.7 Å². The maximum Gasteiger partial charge on any atom is 0.0757 e. The molecular formula is C8H20BFN. The second-order valence-electron chi connectivity index (χ2n) is 2.61. The molecule has 11 heavy (non-hydrogen) atoms. The fraction of sp³-hybridized carbons (Fsp3) is 1.00. The molecule has 3 radical (unpaired) electrons. The summed E-state index contributed by atoms with van der Waals surface area (Å²) in [4.78, 5) is 0. The molecule has 1 nitrogen and oxygen atoms in total. The van der Waals surface area contributed by atoms with Gasteiger partial charge in [0.2, 0.25) is 0 Å². The van der Waals surface area contributed by atoms with Gasteiger partial charge in [-0.25, -0.2) is 0 Å². The van der Waals surface area contributed by atoms with Crippen molar-refractivity contribution in [2.24, 2.45) is 0 Å². The molecule has 0 spiro atoms. The summed E-state index contributed by atoms with van der Waals surface area (Å²) in [5.74, 6) is 0. The molecule has 0 aromatic rings. The summed E-state index contributed by atoms with van der Waals surface area (Å²) < 4.78 is 1.28. The van der Waals surface area contributed by atoms with Crippen LogP contribution in [0.15, 0.2) is 0 Å². The second-order valence-corrected chi connectivity index (χ2v) is 2.61. The highest BCUT2D eigenvalue weighted by Crippen LogP contribution is 2.03. The highest BCUT2D eigenvalue weighted by molar-refractivity contribution is 5.75. The number of rotatable bonds is 4. The topological polar surface area (TPSA) is 0 Å². The Morgan fingerprint density at radius 3 is 0.909 bits per heavy atom. The molecule has 0 aromatic carbocycles. The summed E-state index contributed by atoms with van der Waals surface area (Å²) in [5, 5.41) is 0. The average molecular weight is 160 g/mol. The van der Waals surface area contributed by atoms with Crippen LogP contribution in [0.4, 0.5) is 0 Å². The lowest BCUT2D eigenvalue weighted by Gasteiger charge is -2.34. The molecule has 0 aliphatic heterocycles. The molecule has 0 N–H and O–H groups in total. The van der Waals surface area contributed by atoms with Gasteiger partial charge in [-0.2, -0.15) is 0 Å². The van der Waals surface area contributed by atoms with Crippen LogP contribution in [0.25, 0.3) is 0 Å². The van der Waals surface area contributed by atoms with Gasteiger partial charge in [0.15, 0.2) is 0 Å². The van der Waals surface area contributed by atoms with Crippen LogP contribution in [0.5, 0.6) is 0 Å². The summed E-state index contributed by atoms with van der Waals surface area (Å²) in [6.45, 7) is 14.2. The van der Waals surface area contributed by atoms with Crippen molar-refractivity contribution >= 4 is 8.41 Å². The Kier molecular flexibility index (Phi) is 12.6. The minimum atomic E-state index is 0. The van der Waals surface area contributed by atoms with E-state index in [1.807, 2.05) is 0 Å². The Morgan fingerprint density at radius 2 is 0.909 bits per heavy atom.